The number of hydrogen-bond acceptors (Lipinski definition) is 5. The number of nitrogens with zero attached hydrogens (tertiary/aromatic N) is 1. The van der Waals surface area contributed by atoms with Crippen molar-refractivity contribution in [2.75, 3.05) is 0 Å². The normalized spacial score (nSPS) is 17.7. The molecule has 198 valence electrons. The summed E-state index contributed by atoms with van der Waals surface area (Å²) < 4.78 is 42.8. The first-order chi connectivity index (χ1) is 16.2. The van der Waals surface area contributed by atoms with Crippen LogP contribution in [0.5, 0.6) is 0 Å². The predicted molar refractivity (Wildman–Crippen MR) is 140 cm³/mol. The first-order valence-corrected chi connectivity index (χ1v) is 14.3. The molecule has 0 aliphatic heterocycles. The van der Waals surface area contributed by atoms with Gasteiger partial charge in [-0.25, -0.2) is 4.79 Å². The quantitative estimate of drug-likeness (QED) is 0.328. The highest BCUT2D eigenvalue weighted by molar-refractivity contribution is 7.90. The van der Waals surface area contributed by atoms with Crippen LogP contribution in [0.4, 0.5) is 4.79 Å². The Hall–Kier alpha value is -2.09. The molecule has 1 amide bonds. The van der Waals surface area contributed by atoms with Gasteiger partial charge in [0, 0.05) is 6.04 Å². The minimum atomic E-state index is -4.02. The molecule has 7 nitrogen and oxygen atoms in total. The first kappa shape index (κ1) is 29.1. The van der Waals surface area contributed by atoms with E-state index >= 15 is 0 Å². The molecule has 1 aliphatic carbocycles. The second-order valence-corrected chi connectivity index (χ2v) is 12.5. The summed E-state index contributed by atoms with van der Waals surface area (Å²) in [5, 5.41) is 3.08. The number of nitrogens with one attached hydrogen (secondary N) is 1. The minimum Gasteiger partial charge on any atom is -0.477 e. The Balaban J connectivity index is 2.54. The maximum Gasteiger partial charge on any atom is 0.407 e. The molecule has 1 fully saturated rings. The van der Waals surface area contributed by atoms with E-state index in [1.54, 1.807) is 19.1 Å². The van der Waals surface area contributed by atoms with E-state index < -0.39 is 27.6 Å². The van der Waals surface area contributed by atoms with Crippen LogP contribution in [0.1, 0.15) is 91.2 Å². The summed E-state index contributed by atoms with van der Waals surface area (Å²) in [6.07, 6.45) is 5.00. The molecule has 0 heterocycles. The molecule has 1 saturated carbocycles. The van der Waals surface area contributed by atoms with E-state index in [-0.39, 0.29) is 28.9 Å². The molecule has 35 heavy (non-hydrogen) atoms. The first-order valence-electron chi connectivity index (χ1n) is 12.8. The van der Waals surface area contributed by atoms with Crippen molar-refractivity contribution in [3.05, 3.63) is 29.3 Å². The van der Waals surface area contributed by atoms with Crippen molar-refractivity contribution in [3.63, 3.8) is 0 Å². The van der Waals surface area contributed by atoms with Crippen LogP contribution < -0.4 is 5.32 Å². The Morgan fingerprint density at radius 2 is 1.77 bits per heavy atom. The number of alkyl carbamates (subject to hydrolysis) is 1. The minimum absolute atomic E-state index is 0.148. The van der Waals surface area contributed by atoms with Gasteiger partial charge in [-0.05, 0) is 90.8 Å². The molecular weight excluding hydrogens is 464 g/mol. The molecule has 1 aromatic rings. The molecule has 2 atom stereocenters. The molecular formula is C27H44N2O5S. The van der Waals surface area contributed by atoms with Crippen molar-refractivity contribution < 1.29 is 22.7 Å². The number of carbonyl (C=O) groups excluding carboxylic acids is 1. The lowest BCUT2D eigenvalue weighted by atomic mass is 9.77. The van der Waals surface area contributed by atoms with Crippen molar-refractivity contribution in [3.8, 4) is 0 Å². The number of benzene rings is 1. The second kappa shape index (κ2) is 12.2. The van der Waals surface area contributed by atoms with E-state index in [1.807, 2.05) is 54.5 Å². The van der Waals surface area contributed by atoms with Crippen LogP contribution in [0, 0.1) is 25.7 Å². The van der Waals surface area contributed by atoms with Crippen LogP contribution in [-0.2, 0) is 19.5 Å². The van der Waals surface area contributed by atoms with Crippen LogP contribution in [-0.4, -0.2) is 38.2 Å². The molecule has 2 rings (SSSR count). The number of hydrogen-bond donors (Lipinski definition) is 1. The summed E-state index contributed by atoms with van der Waals surface area (Å²) in [7, 11) is -4.02. The van der Waals surface area contributed by atoms with E-state index in [9.17, 15) is 13.2 Å². The summed E-state index contributed by atoms with van der Waals surface area (Å²) in [6.45, 7) is 14.8. The van der Waals surface area contributed by atoms with Gasteiger partial charge in [-0.2, -0.15) is 8.42 Å². The summed E-state index contributed by atoms with van der Waals surface area (Å²) in [4.78, 5) is 13.0. The molecule has 0 radical (unpaired) electrons. The average molecular weight is 509 g/mol. The summed E-state index contributed by atoms with van der Waals surface area (Å²) in [6, 6.07) is 4.95. The van der Waals surface area contributed by atoms with Gasteiger partial charge in [0.1, 0.15) is 5.60 Å². The maximum atomic E-state index is 13.4. The Morgan fingerprint density at radius 1 is 1.14 bits per heavy atom. The smallest absolute Gasteiger partial charge is 0.407 e. The van der Waals surface area contributed by atoms with Gasteiger partial charge in [0.15, 0.2) is 0 Å². The van der Waals surface area contributed by atoms with E-state index in [4.69, 9.17) is 9.47 Å². The van der Waals surface area contributed by atoms with E-state index in [2.05, 4.69) is 9.71 Å². The van der Waals surface area contributed by atoms with Gasteiger partial charge in [0.2, 0.25) is 5.90 Å². The molecule has 0 saturated heterocycles. The van der Waals surface area contributed by atoms with E-state index in [0.29, 0.717) is 12.0 Å². The van der Waals surface area contributed by atoms with Gasteiger partial charge in [0.25, 0.3) is 10.0 Å². The van der Waals surface area contributed by atoms with Crippen LogP contribution in [0.15, 0.2) is 27.5 Å². The maximum absolute atomic E-state index is 13.4. The largest absolute Gasteiger partial charge is 0.477 e. The van der Waals surface area contributed by atoms with Crippen molar-refractivity contribution >= 4 is 22.0 Å². The van der Waals surface area contributed by atoms with Gasteiger partial charge < -0.3 is 14.8 Å². The fourth-order valence-electron chi connectivity index (χ4n) is 4.64. The fourth-order valence-corrected chi connectivity index (χ4v) is 5.96. The fraction of sp³-hybridized carbons (Fsp3) is 0.704. The highest BCUT2D eigenvalue weighted by Crippen LogP contribution is 2.33. The second-order valence-electron chi connectivity index (χ2n) is 10.9. The molecule has 0 unspecified atom stereocenters. The zero-order valence-corrected chi connectivity index (χ0v) is 23.5. The summed E-state index contributed by atoms with van der Waals surface area (Å²) >= 11 is 0. The predicted octanol–water partition coefficient (Wildman–Crippen LogP) is 6.32. The van der Waals surface area contributed by atoms with Crippen LogP contribution in [0.3, 0.4) is 0 Å². The number of rotatable bonds is 8. The number of carbonyl (C=O) groups is 1. The molecule has 0 spiro atoms. The van der Waals surface area contributed by atoms with Gasteiger partial charge in [-0.1, -0.05) is 38.3 Å². The lowest BCUT2D eigenvalue weighted by molar-refractivity contribution is 0.0452. The van der Waals surface area contributed by atoms with Crippen molar-refractivity contribution in [2.24, 2.45) is 16.2 Å². The molecule has 1 aromatic carbocycles. The highest BCUT2D eigenvalue weighted by Gasteiger charge is 2.37. The number of sulfonamides is 1. The van der Waals surface area contributed by atoms with Gasteiger partial charge >= 0.3 is 6.09 Å². The third-order valence-corrected chi connectivity index (χ3v) is 7.64. The average Bonchev–Trinajstić information content (AvgIpc) is 2.73. The van der Waals surface area contributed by atoms with Crippen LogP contribution >= 0.6 is 0 Å². The number of ether oxygens (including phenoxy) is 2. The Bertz CT molecular complexity index is 989. The van der Waals surface area contributed by atoms with Crippen molar-refractivity contribution in [2.45, 2.75) is 117 Å². The molecule has 0 aromatic heterocycles. The Morgan fingerprint density at radius 3 is 2.31 bits per heavy atom. The Labute approximate surface area is 212 Å². The number of amides is 1. The SMILES string of the molecule is CC[C@@H](/C(=N/S(=O)(=O)c1cc(C)ccc1C)OC(C)C)[C@H](NC(=O)OC(C)(C)C)C1CCCCC1. The number of aryl methyl sites for hydroxylation is 2. The Kier molecular flexibility index (Phi) is 10.2. The van der Waals surface area contributed by atoms with E-state index in [0.717, 1.165) is 37.7 Å². The zero-order valence-electron chi connectivity index (χ0n) is 22.7. The van der Waals surface area contributed by atoms with Crippen molar-refractivity contribution in [1.82, 2.24) is 5.32 Å². The molecule has 0 bridgehead atoms. The lowest BCUT2D eigenvalue weighted by Gasteiger charge is -2.37. The van der Waals surface area contributed by atoms with Crippen LogP contribution in [0.2, 0.25) is 0 Å². The summed E-state index contributed by atoms with van der Waals surface area (Å²) in [5.74, 6) is -0.0754. The topological polar surface area (TPSA) is 94.1 Å². The van der Waals surface area contributed by atoms with Gasteiger partial charge in [0.05, 0.1) is 16.9 Å². The molecule has 1 N–H and O–H groups in total. The third kappa shape index (κ3) is 8.81. The lowest BCUT2D eigenvalue weighted by Crippen LogP contribution is -2.50. The van der Waals surface area contributed by atoms with Crippen molar-refractivity contribution in [1.29, 1.82) is 0 Å². The molecule has 1 aliphatic rings. The van der Waals surface area contributed by atoms with Gasteiger partial charge in [-0.3, -0.25) is 0 Å². The highest BCUT2D eigenvalue weighted by atomic mass is 32.2. The van der Waals surface area contributed by atoms with Gasteiger partial charge in [-0.15, -0.1) is 4.40 Å². The zero-order chi connectivity index (χ0) is 26.4. The van der Waals surface area contributed by atoms with Crippen LogP contribution in [0.25, 0.3) is 0 Å². The third-order valence-electron chi connectivity index (χ3n) is 6.22. The molecule has 8 heteroatoms. The monoisotopic (exact) mass is 508 g/mol. The standard InChI is InChI=1S/C27H44N2O5S/c1-9-22(24(21-13-11-10-12-14-21)28-26(30)34-27(6,7)8)25(33-18(2)3)29-35(31,32)23-17-19(4)15-16-20(23)5/h15-18,21-22,24H,9-14H2,1-8H3,(H,28,30)/b29-25-/t22-,24-/m1/s1. The summed E-state index contributed by atoms with van der Waals surface area (Å²) in [5.41, 5.74) is 0.835. The van der Waals surface area contributed by atoms with E-state index in [1.165, 1.54) is 0 Å².